The molecule has 16 heavy (non-hydrogen) atoms. The largest absolute Gasteiger partial charge is 0.386 e. The lowest BCUT2D eigenvalue weighted by Gasteiger charge is -2.22. The topological polar surface area (TPSA) is 53.4 Å². The van der Waals surface area contributed by atoms with Gasteiger partial charge in [0.2, 0.25) is 0 Å². The number of fused-ring (bicyclic) bond motifs is 3. The fourth-order valence-electron chi connectivity index (χ4n) is 2.12. The maximum absolute atomic E-state index is 9.87. The van der Waals surface area contributed by atoms with Crippen molar-refractivity contribution in [2.75, 3.05) is 0 Å². The average molecular weight is 213 g/mol. The van der Waals surface area contributed by atoms with Crippen molar-refractivity contribution in [2.45, 2.75) is 12.2 Å². The lowest BCUT2D eigenvalue weighted by atomic mass is 9.90. The number of benzene rings is 1. The first-order valence-corrected chi connectivity index (χ1v) is 5.19. The van der Waals surface area contributed by atoms with E-state index in [-0.39, 0.29) is 0 Å². The van der Waals surface area contributed by atoms with Crippen molar-refractivity contribution in [3.63, 3.8) is 0 Å². The zero-order valence-corrected chi connectivity index (χ0v) is 8.54. The fraction of sp³-hybridized carbons (Fsp3) is 0.154. The predicted octanol–water partition coefficient (Wildman–Crippen LogP) is 1.66. The Labute approximate surface area is 92.7 Å². The van der Waals surface area contributed by atoms with Crippen molar-refractivity contribution in [2.24, 2.45) is 0 Å². The third kappa shape index (κ3) is 1.26. The average Bonchev–Trinajstić information content (AvgIpc) is 2.33. The summed E-state index contributed by atoms with van der Waals surface area (Å²) in [6.07, 6.45) is 3.54. The van der Waals surface area contributed by atoms with E-state index in [1.807, 2.05) is 30.3 Å². The molecule has 0 radical (unpaired) electrons. The maximum Gasteiger partial charge on any atom is 0.109 e. The summed E-state index contributed by atoms with van der Waals surface area (Å²) < 4.78 is 0. The van der Waals surface area contributed by atoms with Gasteiger partial charge in [0.25, 0.3) is 0 Å². The second kappa shape index (κ2) is 3.40. The molecule has 2 aromatic rings. The number of nitrogens with zero attached hydrogens (tertiary/aromatic N) is 1. The molecule has 3 heteroatoms. The number of pyridine rings is 1. The summed E-state index contributed by atoms with van der Waals surface area (Å²) in [6.45, 7) is 0. The van der Waals surface area contributed by atoms with E-state index < -0.39 is 12.2 Å². The summed E-state index contributed by atoms with van der Waals surface area (Å²) in [7, 11) is 0. The van der Waals surface area contributed by atoms with Gasteiger partial charge in [-0.05, 0) is 23.3 Å². The molecule has 2 N–H and O–H groups in total. The first-order chi connectivity index (χ1) is 7.77. The van der Waals surface area contributed by atoms with Gasteiger partial charge in [0, 0.05) is 11.6 Å². The minimum atomic E-state index is -0.843. The van der Waals surface area contributed by atoms with Crippen LogP contribution in [0.4, 0.5) is 0 Å². The van der Waals surface area contributed by atoms with E-state index in [0.29, 0.717) is 0 Å². The highest BCUT2D eigenvalue weighted by Crippen LogP contribution is 2.32. The Kier molecular flexibility index (Phi) is 2.02. The molecule has 1 aliphatic carbocycles. The fourth-order valence-corrected chi connectivity index (χ4v) is 2.12. The van der Waals surface area contributed by atoms with Crippen molar-refractivity contribution < 1.29 is 10.2 Å². The van der Waals surface area contributed by atoms with Gasteiger partial charge in [-0.3, -0.25) is 4.98 Å². The first-order valence-electron chi connectivity index (χ1n) is 5.19. The molecule has 1 aliphatic rings. The summed E-state index contributed by atoms with van der Waals surface area (Å²) in [5.74, 6) is 0. The van der Waals surface area contributed by atoms with Crippen molar-refractivity contribution >= 4 is 17.0 Å². The molecule has 80 valence electrons. The van der Waals surface area contributed by atoms with Gasteiger partial charge in [-0.15, -0.1) is 0 Å². The molecule has 0 aliphatic heterocycles. The smallest absolute Gasteiger partial charge is 0.109 e. The second-order valence-corrected chi connectivity index (χ2v) is 3.93. The molecule has 0 bridgehead atoms. The van der Waals surface area contributed by atoms with Crippen LogP contribution in [-0.2, 0) is 0 Å². The van der Waals surface area contributed by atoms with Crippen LogP contribution in [0, 0.1) is 0 Å². The SMILES string of the molecule is OC1C=Cc2c(ccc3ncccc23)C1O. The van der Waals surface area contributed by atoms with Gasteiger partial charge in [-0.25, -0.2) is 0 Å². The summed E-state index contributed by atoms with van der Waals surface area (Å²) in [4.78, 5) is 4.26. The Morgan fingerprint density at radius 2 is 2.00 bits per heavy atom. The Morgan fingerprint density at radius 3 is 2.88 bits per heavy atom. The molecule has 1 aromatic heterocycles. The number of aliphatic hydroxyl groups excluding tert-OH is 2. The number of hydrogen-bond donors (Lipinski definition) is 2. The van der Waals surface area contributed by atoms with Gasteiger partial charge in [-0.2, -0.15) is 0 Å². The van der Waals surface area contributed by atoms with Crippen LogP contribution in [0.3, 0.4) is 0 Å². The predicted molar refractivity (Wildman–Crippen MR) is 61.7 cm³/mol. The number of hydrogen-bond acceptors (Lipinski definition) is 3. The van der Waals surface area contributed by atoms with Crippen molar-refractivity contribution in [3.05, 3.63) is 47.7 Å². The zero-order valence-electron chi connectivity index (χ0n) is 8.54. The minimum absolute atomic E-state index is 0.760. The van der Waals surface area contributed by atoms with Crippen LogP contribution in [-0.4, -0.2) is 21.3 Å². The minimum Gasteiger partial charge on any atom is -0.386 e. The van der Waals surface area contributed by atoms with Crippen LogP contribution in [0.2, 0.25) is 0 Å². The van der Waals surface area contributed by atoms with Gasteiger partial charge < -0.3 is 10.2 Å². The van der Waals surface area contributed by atoms with Crippen LogP contribution in [0.25, 0.3) is 17.0 Å². The lowest BCUT2D eigenvalue weighted by Crippen LogP contribution is -2.19. The molecule has 1 heterocycles. The lowest BCUT2D eigenvalue weighted by molar-refractivity contribution is 0.0471. The Hall–Kier alpha value is -1.71. The van der Waals surface area contributed by atoms with Crippen LogP contribution in [0.5, 0.6) is 0 Å². The molecular formula is C13H11NO2. The van der Waals surface area contributed by atoms with E-state index >= 15 is 0 Å². The molecular weight excluding hydrogens is 202 g/mol. The Morgan fingerprint density at radius 1 is 1.12 bits per heavy atom. The number of aliphatic hydroxyl groups is 2. The van der Waals surface area contributed by atoms with E-state index in [1.54, 1.807) is 12.3 Å². The summed E-state index contributed by atoms with van der Waals surface area (Å²) >= 11 is 0. The van der Waals surface area contributed by atoms with Crippen LogP contribution < -0.4 is 0 Å². The highest BCUT2D eigenvalue weighted by atomic mass is 16.3. The van der Waals surface area contributed by atoms with Crippen molar-refractivity contribution in [3.8, 4) is 0 Å². The first kappa shape index (κ1) is 9.51. The molecule has 0 saturated carbocycles. The summed E-state index contributed by atoms with van der Waals surface area (Å²) in [5, 5.41) is 20.4. The summed E-state index contributed by atoms with van der Waals surface area (Å²) in [5.41, 5.74) is 2.60. The number of rotatable bonds is 0. The van der Waals surface area contributed by atoms with Crippen molar-refractivity contribution in [1.29, 1.82) is 0 Å². The Balaban J connectivity index is 2.34. The molecule has 0 amide bonds. The third-order valence-electron chi connectivity index (χ3n) is 2.96. The zero-order chi connectivity index (χ0) is 11.1. The number of aromatic nitrogens is 1. The molecule has 3 rings (SSSR count). The normalized spacial score (nSPS) is 23.4. The van der Waals surface area contributed by atoms with Gasteiger partial charge in [0.1, 0.15) is 12.2 Å². The van der Waals surface area contributed by atoms with Gasteiger partial charge in [0.15, 0.2) is 0 Å². The van der Waals surface area contributed by atoms with Crippen LogP contribution >= 0.6 is 0 Å². The molecule has 3 nitrogen and oxygen atoms in total. The molecule has 0 saturated heterocycles. The van der Waals surface area contributed by atoms with Crippen LogP contribution in [0.1, 0.15) is 17.2 Å². The highest BCUT2D eigenvalue weighted by Gasteiger charge is 2.23. The standard InChI is InChI=1S/C13H11NO2/c15-12-6-4-8-9-2-1-7-14-11(9)5-3-10(8)13(12)16/h1-7,12-13,15-16H. The Bertz CT molecular complexity index is 577. The molecule has 2 unspecified atom stereocenters. The van der Waals surface area contributed by atoms with Gasteiger partial charge in [0.05, 0.1) is 5.52 Å². The molecule has 1 aromatic carbocycles. The maximum atomic E-state index is 9.87. The van der Waals surface area contributed by atoms with E-state index in [9.17, 15) is 10.2 Å². The van der Waals surface area contributed by atoms with Crippen LogP contribution in [0.15, 0.2) is 36.5 Å². The monoisotopic (exact) mass is 213 g/mol. The van der Waals surface area contributed by atoms with E-state index in [4.69, 9.17) is 0 Å². The second-order valence-electron chi connectivity index (χ2n) is 3.93. The molecule has 0 fully saturated rings. The summed E-state index contributed by atoms with van der Waals surface area (Å²) in [6, 6.07) is 7.52. The molecule has 0 spiro atoms. The molecule has 2 atom stereocenters. The van der Waals surface area contributed by atoms with E-state index in [0.717, 1.165) is 22.0 Å². The van der Waals surface area contributed by atoms with E-state index in [1.165, 1.54) is 0 Å². The van der Waals surface area contributed by atoms with E-state index in [2.05, 4.69) is 4.98 Å². The van der Waals surface area contributed by atoms with Gasteiger partial charge >= 0.3 is 0 Å². The van der Waals surface area contributed by atoms with Crippen molar-refractivity contribution in [1.82, 2.24) is 4.98 Å². The quantitative estimate of drug-likeness (QED) is 0.699. The van der Waals surface area contributed by atoms with Gasteiger partial charge in [-0.1, -0.05) is 24.3 Å². The highest BCUT2D eigenvalue weighted by molar-refractivity contribution is 5.90. The third-order valence-corrected chi connectivity index (χ3v) is 2.96.